The van der Waals surface area contributed by atoms with Crippen molar-refractivity contribution in [1.29, 1.82) is 0 Å². The number of hydrogen-bond donors (Lipinski definition) is 1. The Balaban J connectivity index is 2.56. The molecule has 0 spiro atoms. The third-order valence-electron chi connectivity index (χ3n) is 4.42. The molecule has 3 nitrogen and oxygen atoms in total. The van der Waals surface area contributed by atoms with Gasteiger partial charge in [0.1, 0.15) is 12.0 Å². The Bertz CT molecular complexity index is 654. The monoisotopic (exact) mass is 300 g/mol. The summed E-state index contributed by atoms with van der Waals surface area (Å²) < 4.78 is 5.24. The van der Waals surface area contributed by atoms with Crippen LogP contribution < -0.4 is 5.63 Å². The molecule has 2 aromatic rings. The van der Waals surface area contributed by atoms with Crippen LogP contribution in [0.5, 0.6) is 5.75 Å². The summed E-state index contributed by atoms with van der Waals surface area (Å²) in [5.41, 5.74) is 1.83. The number of hydrogen-bond acceptors (Lipinski definition) is 3. The summed E-state index contributed by atoms with van der Waals surface area (Å²) in [5, 5.41) is 10.7. The zero-order chi connectivity index (χ0) is 16.1. The van der Waals surface area contributed by atoms with Gasteiger partial charge in [-0.2, -0.15) is 0 Å². The number of rotatable bonds is 6. The summed E-state index contributed by atoms with van der Waals surface area (Å²) in [6.07, 6.45) is 3.86. The lowest BCUT2D eigenvalue weighted by Crippen LogP contribution is -2.14. The summed E-state index contributed by atoms with van der Waals surface area (Å²) in [7, 11) is 0. The van der Waals surface area contributed by atoms with E-state index in [2.05, 4.69) is 6.92 Å². The van der Waals surface area contributed by atoms with E-state index in [0.29, 0.717) is 11.1 Å². The van der Waals surface area contributed by atoms with Crippen LogP contribution in [0, 0.1) is 0 Å². The molecule has 1 unspecified atom stereocenters. The van der Waals surface area contributed by atoms with E-state index in [4.69, 9.17) is 4.42 Å². The normalized spacial score (nSPS) is 12.5. The second-order valence-electron chi connectivity index (χ2n) is 5.63. The molecule has 0 aliphatic heterocycles. The lowest BCUT2D eigenvalue weighted by atomic mass is 9.86. The Labute approximate surface area is 131 Å². The average molecular weight is 300 g/mol. The van der Waals surface area contributed by atoms with Crippen LogP contribution in [-0.2, 0) is 0 Å². The minimum Gasteiger partial charge on any atom is -0.507 e. The quantitative estimate of drug-likeness (QED) is 0.834. The summed E-state index contributed by atoms with van der Waals surface area (Å²) in [6.45, 7) is 6.11. The van der Waals surface area contributed by atoms with Gasteiger partial charge in [-0.05, 0) is 30.7 Å². The van der Waals surface area contributed by atoms with Gasteiger partial charge in [0.15, 0.2) is 0 Å². The second kappa shape index (κ2) is 7.30. The van der Waals surface area contributed by atoms with Crippen molar-refractivity contribution in [3.63, 3.8) is 0 Å². The predicted octanol–water partition coefficient (Wildman–Crippen LogP) is 4.79. The topological polar surface area (TPSA) is 50.4 Å². The molecule has 0 aliphatic rings. The first-order valence-electron chi connectivity index (χ1n) is 8.03. The molecule has 0 saturated carbocycles. The fraction of sp³-hybridized carbons (Fsp3) is 0.421. The van der Waals surface area contributed by atoms with Crippen molar-refractivity contribution in [2.45, 2.75) is 51.9 Å². The maximum absolute atomic E-state index is 12.1. The highest BCUT2D eigenvalue weighted by Gasteiger charge is 2.24. The highest BCUT2D eigenvalue weighted by atomic mass is 16.4. The lowest BCUT2D eigenvalue weighted by molar-refractivity contribution is 0.406. The van der Waals surface area contributed by atoms with Crippen molar-refractivity contribution in [3.8, 4) is 5.75 Å². The van der Waals surface area contributed by atoms with Gasteiger partial charge in [0, 0.05) is 11.5 Å². The van der Waals surface area contributed by atoms with Crippen LogP contribution in [0.3, 0.4) is 0 Å². The minimum absolute atomic E-state index is 0.0265. The second-order valence-corrected chi connectivity index (χ2v) is 5.63. The van der Waals surface area contributed by atoms with Crippen LogP contribution in [0.4, 0.5) is 0 Å². The van der Waals surface area contributed by atoms with E-state index < -0.39 is 5.63 Å². The summed E-state index contributed by atoms with van der Waals surface area (Å²) in [4.78, 5) is 12.1. The molecular weight excluding hydrogens is 276 g/mol. The van der Waals surface area contributed by atoms with Crippen LogP contribution in [0.1, 0.15) is 68.6 Å². The molecular formula is C19H24O3. The van der Waals surface area contributed by atoms with E-state index in [-0.39, 0.29) is 17.6 Å². The van der Waals surface area contributed by atoms with Crippen LogP contribution in [0.15, 0.2) is 45.8 Å². The minimum atomic E-state index is -0.419. The maximum Gasteiger partial charge on any atom is 0.342 e. The van der Waals surface area contributed by atoms with Crippen molar-refractivity contribution in [1.82, 2.24) is 0 Å². The molecule has 1 heterocycles. The van der Waals surface area contributed by atoms with Gasteiger partial charge >= 0.3 is 5.63 Å². The molecule has 1 aromatic carbocycles. The van der Waals surface area contributed by atoms with Crippen LogP contribution in [0.25, 0.3) is 0 Å². The van der Waals surface area contributed by atoms with Crippen molar-refractivity contribution in [2.24, 2.45) is 0 Å². The number of benzene rings is 1. The van der Waals surface area contributed by atoms with E-state index >= 15 is 0 Å². The van der Waals surface area contributed by atoms with E-state index in [0.717, 1.165) is 24.8 Å². The zero-order valence-electron chi connectivity index (χ0n) is 13.5. The van der Waals surface area contributed by atoms with Crippen molar-refractivity contribution in [2.75, 3.05) is 0 Å². The molecule has 0 bridgehead atoms. The van der Waals surface area contributed by atoms with Gasteiger partial charge in [0.2, 0.25) is 0 Å². The molecule has 118 valence electrons. The molecule has 0 saturated heterocycles. The third kappa shape index (κ3) is 3.08. The smallest absolute Gasteiger partial charge is 0.342 e. The molecule has 1 aromatic heterocycles. The zero-order valence-corrected chi connectivity index (χ0v) is 13.5. The Morgan fingerprint density at radius 3 is 2.23 bits per heavy atom. The molecule has 0 radical (unpaired) electrons. The van der Waals surface area contributed by atoms with Gasteiger partial charge < -0.3 is 9.52 Å². The highest BCUT2D eigenvalue weighted by Crippen LogP contribution is 2.38. The molecule has 0 amide bonds. The molecule has 0 fully saturated rings. The van der Waals surface area contributed by atoms with Gasteiger partial charge in [-0.3, -0.25) is 0 Å². The Morgan fingerprint density at radius 1 is 1.05 bits per heavy atom. The largest absolute Gasteiger partial charge is 0.507 e. The van der Waals surface area contributed by atoms with Crippen LogP contribution in [-0.4, -0.2) is 5.11 Å². The summed E-state index contributed by atoms with van der Waals surface area (Å²) in [6, 6.07) is 10.0. The van der Waals surface area contributed by atoms with E-state index in [1.807, 2.05) is 44.2 Å². The van der Waals surface area contributed by atoms with Gasteiger partial charge in [0.25, 0.3) is 0 Å². The van der Waals surface area contributed by atoms with Gasteiger partial charge in [-0.1, -0.05) is 51.1 Å². The van der Waals surface area contributed by atoms with E-state index in [9.17, 15) is 9.90 Å². The third-order valence-corrected chi connectivity index (χ3v) is 4.42. The molecule has 3 heteroatoms. The van der Waals surface area contributed by atoms with Gasteiger partial charge in [0.05, 0.1) is 5.56 Å². The van der Waals surface area contributed by atoms with Crippen molar-refractivity contribution >= 4 is 0 Å². The van der Waals surface area contributed by atoms with Crippen molar-refractivity contribution < 1.29 is 9.52 Å². The fourth-order valence-corrected chi connectivity index (χ4v) is 3.11. The summed E-state index contributed by atoms with van der Waals surface area (Å²) >= 11 is 0. The SMILES string of the molecule is CCC(CC)c1c(O)c(C(CC)c2ccccc2)coc1=O. The highest BCUT2D eigenvalue weighted by molar-refractivity contribution is 5.44. The molecule has 1 N–H and O–H groups in total. The Kier molecular flexibility index (Phi) is 5.42. The molecule has 22 heavy (non-hydrogen) atoms. The maximum atomic E-state index is 12.1. The Hall–Kier alpha value is -2.03. The standard InChI is InChI=1S/C19H24O3/c1-4-13(5-2)17-18(20)16(12-22-19(17)21)15(6-3)14-10-8-7-9-11-14/h7-13,15,20H,4-6H2,1-3H3. The van der Waals surface area contributed by atoms with Crippen LogP contribution >= 0.6 is 0 Å². The molecule has 2 rings (SSSR count). The lowest BCUT2D eigenvalue weighted by Gasteiger charge is -2.20. The van der Waals surface area contributed by atoms with Gasteiger partial charge in [-0.15, -0.1) is 0 Å². The molecule has 0 aliphatic carbocycles. The van der Waals surface area contributed by atoms with E-state index in [1.165, 1.54) is 6.26 Å². The fourth-order valence-electron chi connectivity index (χ4n) is 3.11. The average Bonchev–Trinajstić information content (AvgIpc) is 2.55. The van der Waals surface area contributed by atoms with E-state index in [1.54, 1.807) is 0 Å². The van der Waals surface area contributed by atoms with Gasteiger partial charge in [-0.25, -0.2) is 4.79 Å². The first-order chi connectivity index (χ1) is 10.6. The van der Waals surface area contributed by atoms with Crippen LogP contribution in [0.2, 0.25) is 0 Å². The molecule has 1 atom stereocenters. The number of aromatic hydroxyl groups is 1. The first-order valence-corrected chi connectivity index (χ1v) is 8.03. The summed E-state index contributed by atoms with van der Waals surface area (Å²) in [5.74, 6) is 0.170. The predicted molar refractivity (Wildman–Crippen MR) is 88.5 cm³/mol. The van der Waals surface area contributed by atoms with Crippen molar-refractivity contribution in [3.05, 3.63) is 63.7 Å². The first kappa shape index (κ1) is 16.3. The Morgan fingerprint density at radius 2 is 1.68 bits per heavy atom.